The molecule has 2 N–H and O–H groups in total. The highest BCUT2D eigenvalue weighted by molar-refractivity contribution is 5.52. The van der Waals surface area contributed by atoms with Crippen molar-refractivity contribution in [3.8, 4) is 5.75 Å². The Morgan fingerprint density at radius 1 is 1.50 bits per heavy atom. The van der Waals surface area contributed by atoms with E-state index in [1.165, 1.54) is 0 Å². The first-order valence-corrected chi connectivity index (χ1v) is 5.75. The molecule has 1 rings (SSSR count). The predicted octanol–water partition coefficient (Wildman–Crippen LogP) is 1.65. The highest BCUT2D eigenvalue weighted by Crippen LogP contribution is 2.25. The van der Waals surface area contributed by atoms with Crippen LogP contribution in [-0.4, -0.2) is 30.7 Å². The van der Waals surface area contributed by atoms with Gasteiger partial charge in [0.05, 0.1) is 6.10 Å². The Morgan fingerprint density at radius 3 is 2.81 bits per heavy atom. The largest absolute Gasteiger partial charge is 0.487 e. The number of anilines is 1. The standard InChI is InChI=1S/C12H21N3O/c1-4-15(9-7-13)12-11(16-10(2)3)6-5-8-14-12/h5-6,8,10H,4,7,9,13H2,1-3H3. The SMILES string of the molecule is CCN(CCN)c1ncccc1OC(C)C. The molecule has 0 amide bonds. The van der Waals surface area contributed by atoms with E-state index in [4.69, 9.17) is 10.5 Å². The number of hydrogen-bond donors (Lipinski definition) is 1. The minimum atomic E-state index is 0.152. The van der Waals surface area contributed by atoms with Crippen LogP contribution in [0.1, 0.15) is 20.8 Å². The maximum absolute atomic E-state index is 5.73. The number of nitrogens with two attached hydrogens (primary N) is 1. The summed E-state index contributed by atoms with van der Waals surface area (Å²) in [5.74, 6) is 1.71. The van der Waals surface area contributed by atoms with Gasteiger partial charge in [-0.25, -0.2) is 4.98 Å². The summed E-state index contributed by atoms with van der Waals surface area (Å²) in [6.45, 7) is 8.39. The summed E-state index contributed by atoms with van der Waals surface area (Å²) in [4.78, 5) is 6.49. The molecule has 0 aliphatic heterocycles. The van der Waals surface area contributed by atoms with Crippen molar-refractivity contribution in [2.75, 3.05) is 24.5 Å². The van der Waals surface area contributed by atoms with Crippen LogP contribution in [0.2, 0.25) is 0 Å². The fourth-order valence-corrected chi connectivity index (χ4v) is 1.54. The van der Waals surface area contributed by atoms with E-state index in [0.717, 1.165) is 24.7 Å². The lowest BCUT2D eigenvalue weighted by Crippen LogP contribution is -2.30. The first-order valence-electron chi connectivity index (χ1n) is 5.75. The summed E-state index contributed by atoms with van der Waals surface area (Å²) < 4.78 is 5.73. The van der Waals surface area contributed by atoms with Gasteiger partial charge in [0.15, 0.2) is 11.6 Å². The van der Waals surface area contributed by atoms with Gasteiger partial charge in [-0.3, -0.25) is 0 Å². The molecule has 4 heteroatoms. The molecule has 1 aromatic rings. The average Bonchev–Trinajstić information content (AvgIpc) is 2.26. The van der Waals surface area contributed by atoms with Gasteiger partial charge in [0, 0.05) is 25.8 Å². The number of likely N-dealkylation sites (N-methyl/N-ethyl adjacent to an activating group) is 1. The molecular formula is C12H21N3O. The lowest BCUT2D eigenvalue weighted by atomic mass is 10.3. The molecule has 0 radical (unpaired) electrons. The van der Waals surface area contributed by atoms with Crippen molar-refractivity contribution in [1.82, 2.24) is 4.98 Å². The van der Waals surface area contributed by atoms with Crippen LogP contribution in [0.25, 0.3) is 0 Å². The van der Waals surface area contributed by atoms with Gasteiger partial charge in [0.1, 0.15) is 0 Å². The molecule has 0 saturated heterocycles. The van der Waals surface area contributed by atoms with Crippen molar-refractivity contribution in [2.24, 2.45) is 5.73 Å². The zero-order valence-electron chi connectivity index (χ0n) is 10.3. The van der Waals surface area contributed by atoms with E-state index >= 15 is 0 Å². The fraction of sp³-hybridized carbons (Fsp3) is 0.583. The minimum absolute atomic E-state index is 0.152. The summed E-state index contributed by atoms with van der Waals surface area (Å²) in [5.41, 5.74) is 5.58. The smallest absolute Gasteiger partial charge is 0.171 e. The number of rotatable bonds is 6. The molecule has 0 unspecified atom stereocenters. The second kappa shape index (κ2) is 6.33. The van der Waals surface area contributed by atoms with Crippen molar-refractivity contribution >= 4 is 5.82 Å². The van der Waals surface area contributed by atoms with E-state index in [1.807, 2.05) is 26.0 Å². The number of ether oxygens (including phenoxy) is 1. The highest BCUT2D eigenvalue weighted by Gasteiger charge is 2.12. The molecule has 0 bridgehead atoms. The Morgan fingerprint density at radius 2 is 2.25 bits per heavy atom. The van der Waals surface area contributed by atoms with Crippen molar-refractivity contribution in [3.63, 3.8) is 0 Å². The summed E-state index contributed by atoms with van der Waals surface area (Å²) in [6.07, 6.45) is 1.93. The summed E-state index contributed by atoms with van der Waals surface area (Å²) >= 11 is 0. The summed E-state index contributed by atoms with van der Waals surface area (Å²) in [5, 5.41) is 0. The third kappa shape index (κ3) is 3.38. The van der Waals surface area contributed by atoms with E-state index in [0.29, 0.717) is 6.54 Å². The third-order valence-corrected chi connectivity index (χ3v) is 2.19. The quantitative estimate of drug-likeness (QED) is 0.796. The van der Waals surface area contributed by atoms with Gasteiger partial charge in [-0.2, -0.15) is 0 Å². The zero-order chi connectivity index (χ0) is 12.0. The Bertz CT molecular complexity index is 315. The lowest BCUT2D eigenvalue weighted by Gasteiger charge is -2.24. The van der Waals surface area contributed by atoms with Crippen LogP contribution in [0.5, 0.6) is 5.75 Å². The van der Waals surface area contributed by atoms with Crippen molar-refractivity contribution < 1.29 is 4.74 Å². The second-order valence-electron chi connectivity index (χ2n) is 3.86. The van der Waals surface area contributed by atoms with E-state index < -0.39 is 0 Å². The molecule has 1 heterocycles. The van der Waals surface area contributed by atoms with Crippen molar-refractivity contribution in [3.05, 3.63) is 18.3 Å². The lowest BCUT2D eigenvalue weighted by molar-refractivity contribution is 0.242. The van der Waals surface area contributed by atoms with Crippen molar-refractivity contribution in [2.45, 2.75) is 26.9 Å². The van der Waals surface area contributed by atoms with Gasteiger partial charge in [0.25, 0.3) is 0 Å². The van der Waals surface area contributed by atoms with Gasteiger partial charge in [-0.15, -0.1) is 0 Å². The van der Waals surface area contributed by atoms with Crippen LogP contribution in [0.4, 0.5) is 5.82 Å². The fourth-order valence-electron chi connectivity index (χ4n) is 1.54. The van der Waals surface area contributed by atoms with Crippen LogP contribution < -0.4 is 15.4 Å². The first-order chi connectivity index (χ1) is 7.69. The first kappa shape index (κ1) is 12.8. The predicted molar refractivity (Wildman–Crippen MR) is 66.9 cm³/mol. The third-order valence-electron chi connectivity index (χ3n) is 2.19. The average molecular weight is 223 g/mol. The minimum Gasteiger partial charge on any atom is -0.487 e. The number of nitrogens with zero attached hydrogens (tertiary/aromatic N) is 2. The maximum atomic E-state index is 5.73. The Balaban J connectivity index is 2.91. The summed E-state index contributed by atoms with van der Waals surface area (Å²) in [7, 11) is 0. The van der Waals surface area contributed by atoms with Crippen LogP contribution in [0.15, 0.2) is 18.3 Å². The van der Waals surface area contributed by atoms with Gasteiger partial charge >= 0.3 is 0 Å². The zero-order valence-corrected chi connectivity index (χ0v) is 10.3. The maximum Gasteiger partial charge on any atom is 0.171 e. The van der Waals surface area contributed by atoms with Crippen LogP contribution in [0.3, 0.4) is 0 Å². The van der Waals surface area contributed by atoms with E-state index in [-0.39, 0.29) is 6.10 Å². The Kier molecular flexibility index (Phi) is 5.05. The molecule has 0 aromatic carbocycles. The molecule has 0 spiro atoms. The normalized spacial score (nSPS) is 10.6. The second-order valence-corrected chi connectivity index (χ2v) is 3.86. The number of aromatic nitrogens is 1. The van der Waals surface area contributed by atoms with Gasteiger partial charge < -0.3 is 15.4 Å². The molecular weight excluding hydrogens is 202 g/mol. The van der Waals surface area contributed by atoms with Gasteiger partial charge in [-0.05, 0) is 32.9 Å². The molecule has 0 aliphatic rings. The van der Waals surface area contributed by atoms with Crippen LogP contribution in [-0.2, 0) is 0 Å². The molecule has 0 atom stereocenters. The molecule has 0 aliphatic carbocycles. The number of hydrogen-bond acceptors (Lipinski definition) is 4. The van der Waals surface area contributed by atoms with E-state index in [2.05, 4.69) is 16.8 Å². The van der Waals surface area contributed by atoms with Crippen LogP contribution >= 0.6 is 0 Å². The molecule has 16 heavy (non-hydrogen) atoms. The summed E-state index contributed by atoms with van der Waals surface area (Å²) in [6, 6.07) is 3.83. The van der Waals surface area contributed by atoms with Crippen LogP contribution in [0, 0.1) is 0 Å². The molecule has 0 saturated carbocycles. The Labute approximate surface area is 97.4 Å². The Hall–Kier alpha value is -1.29. The highest BCUT2D eigenvalue weighted by atomic mass is 16.5. The molecule has 4 nitrogen and oxygen atoms in total. The van der Waals surface area contributed by atoms with Gasteiger partial charge in [0.2, 0.25) is 0 Å². The molecule has 1 aromatic heterocycles. The monoisotopic (exact) mass is 223 g/mol. The van der Waals surface area contributed by atoms with Crippen molar-refractivity contribution in [1.29, 1.82) is 0 Å². The van der Waals surface area contributed by atoms with E-state index in [9.17, 15) is 0 Å². The topological polar surface area (TPSA) is 51.4 Å². The molecule has 0 fully saturated rings. The number of pyridine rings is 1. The van der Waals surface area contributed by atoms with Gasteiger partial charge in [-0.1, -0.05) is 0 Å². The van der Waals surface area contributed by atoms with E-state index in [1.54, 1.807) is 6.20 Å². The molecule has 90 valence electrons.